The molecule has 5 aliphatic heterocycles. The Bertz CT molecular complexity index is 1220. The van der Waals surface area contributed by atoms with Gasteiger partial charge in [0.1, 0.15) is 11.6 Å². The number of carbonyl (C=O) groups is 4. The molecule has 4 amide bonds. The Kier molecular flexibility index (Phi) is 7.24. The Labute approximate surface area is 242 Å². The molecule has 1 N–H and O–H groups in total. The van der Waals surface area contributed by atoms with Gasteiger partial charge in [0.05, 0.1) is 0 Å². The largest absolute Gasteiger partial charge is 0.444 e. The molecule has 5 aliphatic rings. The molecule has 6 rings (SSSR count). The van der Waals surface area contributed by atoms with Gasteiger partial charge in [0.15, 0.2) is 0 Å². The molecule has 1 unspecified atom stereocenters. The Morgan fingerprint density at radius 1 is 1.02 bits per heavy atom. The van der Waals surface area contributed by atoms with Crippen LogP contribution < -0.4 is 10.2 Å². The zero-order chi connectivity index (χ0) is 28.9. The number of amides is 4. The predicted molar refractivity (Wildman–Crippen MR) is 153 cm³/mol. The first-order valence-corrected chi connectivity index (χ1v) is 15.2. The second-order valence-electron chi connectivity index (χ2n) is 13.8. The van der Waals surface area contributed by atoms with Crippen LogP contribution in [0, 0.1) is 11.3 Å². The summed E-state index contributed by atoms with van der Waals surface area (Å²) in [7, 11) is 0. The van der Waals surface area contributed by atoms with Crippen LogP contribution in [0.2, 0.25) is 0 Å². The van der Waals surface area contributed by atoms with Crippen molar-refractivity contribution in [3.8, 4) is 0 Å². The maximum absolute atomic E-state index is 13.0. The lowest BCUT2D eigenvalue weighted by atomic mass is 9.71. The summed E-state index contributed by atoms with van der Waals surface area (Å²) in [5, 5.41) is 2.37. The number of imide groups is 1. The average molecular weight is 566 g/mol. The van der Waals surface area contributed by atoms with E-state index in [2.05, 4.69) is 21.2 Å². The SMILES string of the molecule is CC(C)(C)OC(=O)N1CCC2(CC1)CN(CC1CCN(c3ccc4c(c3)CN(C3CCC(=O)NC3=O)C4=O)CC1)C2. The highest BCUT2D eigenvalue weighted by atomic mass is 16.6. The van der Waals surface area contributed by atoms with E-state index in [0.29, 0.717) is 29.9 Å². The number of piperidine rings is 3. The van der Waals surface area contributed by atoms with E-state index >= 15 is 0 Å². The van der Waals surface area contributed by atoms with Gasteiger partial charge >= 0.3 is 6.09 Å². The summed E-state index contributed by atoms with van der Waals surface area (Å²) in [6.45, 7) is 13.2. The Morgan fingerprint density at radius 2 is 1.73 bits per heavy atom. The summed E-state index contributed by atoms with van der Waals surface area (Å²) >= 11 is 0. The van der Waals surface area contributed by atoms with Gasteiger partial charge in [-0.05, 0) is 88.0 Å². The molecule has 10 heteroatoms. The van der Waals surface area contributed by atoms with Crippen molar-refractivity contribution in [3.05, 3.63) is 29.3 Å². The number of fused-ring (bicyclic) bond motifs is 1. The zero-order valence-corrected chi connectivity index (χ0v) is 24.6. The molecule has 5 heterocycles. The van der Waals surface area contributed by atoms with Gasteiger partial charge in [0.2, 0.25) is 11.8 Å². The fourth-order valence-corrected chi connectivity index (χ4v) is 7.33. The third kappa shape index (κ3) is 5.80. The van der Waals surface area contributed by atoms with Crippen LogP contribution in [0.1, 0.15) is 75.2 Å². The highest BCUT2D eigenvalue weighted by molar-refractivity contribution is 6.05. The van der Waals surface area contributed by atoms with Crippen LogP contribution in [-0.2, 0) is 20.9 Å². The number of nitrogens with zero attached hydrogens (tertiary/aromatic N) is 4. The average Bonchev–Trinajstić information content (AvgIpc) is 3.23. The maximum atomic E-state index is 13.0. The molecule has 10 nitrogen and oxygen atoms in total. The number of rotatable bonds is 4. The van der Waals surface area contributed by atoms with Crippen molar-refractivity contribution in [3.63, 3.8) is 0 Å². The molecule has 41 heavy (non-hydrogen) atoms. The first-order chi connectivity index (χ1) is 19.5. The molecule has 0 aliphatic carbocycles. The topological polar surface area (TPSA) is 102 Å². The van der Waals surface area contributed by atoms with Crippen LogP contribution >= 0.6 is 0 Å². The molecule has 4 fully saturated rings. The number of carbonyl (C=O) groups excluding carboxylic acids is 4. The van der Waals surface area contributed by atoms with Crippen molar-refractivity contribution in [1.29, 1.82) is 0 Å². The van der Waals surface area contributed by atoms with Gasteiger partial charge in [0.25, 0.3) is 5.91 Å². The smallest absolute Gasteiger partial charge is 0.410 e. The lowest BCUT2D eigenvalue weighted by molar-refractivity contribution is -0.136. The van der Waals surface area contributed by atoms with E-state index in [4.69, 9.17) is 4.74 Å². The zero-order valence-electron chi connectivity index (χ0n) is 24.6. The molecule has 0 bridgehead atoms. The second-order valence-corrected chi connectivity index (χ2v) is 13.8. The summed E-state index contributed by atoms with van der Waals surface area (Å²) in [5.74, 6) is -0.0773. The van der Waals surface area contributed by atoms with Crippen molar-refractivity contribution in [1.82, 2.24) is 20.0 Å². The van der Waals surface area contributed by atoms with Crippen molar-refractivity contribution in [2.24, 2.45) is 11.3 Å². The van der Waals surface area contributed by atoms with Crippen molar-refractivity contribution in [2.75, 3.05) is 50.7 Å². The normalized spacial score (nSPS) is 25.3. The summed E-state index contributed by atoms with van der Waals surface area (Å²) in [6, 6.07) is 5.47. The van der Waals surface area contributed by atoms with E-state index in [1.807, 2.05) is 37.8 Å². The first kappa shape index (κ1) is 28.0. The number of hydrogen-bond donors (Lipinski definition) is 1. The molecular weight excluding hydrogens is 522 g/mol. The van der Waals surface area contributed by atoms with E-state index < -0.39 is 11.6 Å². The van der Waals surface area contributed by atoms with Gasteiger partial charge in [-0.3, -0.25) is 19.7 Å². The number of hydrogen-bond acceptors (Lipinski definition) is 7. The monoisotopic (exact) mass is 565 g/mol. The molecule has 4 saturated heterocycles. The van der Waals surface area contributed by atoms with Crippen LogP contribution in [-0.4, -0.2) is 96.0 Å². The number of anilines is 1. The minimum Gasteiger partial charge on any atom is -0.444 e. The van der Waals surface area contributed by atoms with E-state index in [9.17, 15) is 19.2 Å². The number of likely N-dealkylation sites (tertiary alicyclic amines) is 2. The molecule has 0 aromatic heterocycles. The number of ether oxygens (including phenoxy) is 1. The minimum absolute atomic E-state index is 0.123. The molecule has 1 spiro atoms. The number of benzene rings is 1. The number of nitrogens with one attached hydrogen (secondary N) is 1. The van der Waals surface area contributed by atoms with Gasteiger partial charge in [-0.25, -0.2) is 4.79 Å². The second kappa shape index (κ2) is 10.6. The van der Waals surface area contributed by atoms with Gasteiger partial charge in [0, 0.05) is 70.0 Å². The van der Waals surface area contributed by atoms with Crippen LogP contribution in [0.15, 0.2) is 18.2 Å². The lowest BCUT2D eigenvalue weighted by Crippen LogP contribution is -2.61. The summed E-state index contributed by atoms with van der Waals surface area (Å²) in [4.78, 5) is 57.8. The molecular formula is C31H43N5O5. The van der Waals surface area contributed by atoms with Gasteiger partial charge in [-0.2, -0.15) is 0 Å². The molecule has 0 radical (unpaired) electrons. The molecule has 0 saturated carbocycles. The van der Waals surface area contributed by atoms with E-state index in [0.717, 1.165) is 82.7 Å². The lowest BCUT2D eigenvalue weighted by Gasteiger charge is -2.55. The molecule has 1 atom stereocenters. The quantitative estimate of drug-likeness (QED) is 0.560. The first-order valence-electron chi connectivity index (χ1n) is 15.2. The Hall–Kier alpha value is -3.14. The summed E-state index contributed by atoms with van der Waals surface area (Å²) < 4.78 is 5.55. The summed E-state index contributed by atoms with van der Waals surface area (Å²) in [5.41, 5.74) is 2.68. The fraction of sp³-hybridized carbons (Fsp3) is 0.677. The van der Waals surface area contributed by atoms with Gasteiger partial charge in [-0.1, -0.05) is 0 Å². The highest BCUT2D eigenvalue weighted by Crippen LogP contribution is 2.41. The van der Waals surface area contributed by atoms with Gasteiger partial charge < -0.3 is 24.3 Å². The third-order valence-corrected chi connectivity index (χ3v) is 9.60. The van der Waals surface area contributed by atoms with Crippen molar-refractivity contribution >= 4 is 29.5 Å². The van der Waals surface area contributed by atoms with E-state index in [1.165, 1.54) is 0 Å². The Morgan fingerprint density at radius 3 is 2.39 bits per heavy atom. The molecule has 1 aromatic rings. The van der Waals surface area contributed by atoms with Crippen molar-refractivity contribution in [2.45, 2.75) is 77.5 Å². The van der Waals surface area contributed by atoms with Crippen LogP contribution in [0.25, 0.3) is 0 Å². The standard InChI is InChI=1S/C31H43N5O5/c1-30(2,3)41-29(40)35-14-10-31(11-15-35)19-33(20-31)17-21-8-12-34(13-9-21)23-4-5-24-22(16-23)18-36(28(24)39)25-6-7-26(37)32-27(25)38/h4-5,16,21,25H,6-15,17-20H2,1-3H3,(H,32,37,38). The van der Waals surface area contributed by atoms with E-state index in [1.54, 1.807) is 4.90 Å². The van der Waals surface area contributed by atoms with E-state index in [-0.39, 0.29) is 30.2 Å². The van der Waals surface area contributed by atoms with Crippen molar-refractivity contribution < 1.29 is 23.9 Å². The maximum Gasteiger partial charge on any atom is 0.410 e. The van der Waals surface area contributed by atoms with Crippen LogP contribution in [0.5, 0.6) is 0 Å². The minimum atomic E-state index is -0.579. The fourth-order valence-electron chi connectivity index (χ4n) is 7.33. The van der Waals surface area contributed by atoms with Crippen LogP contribution in [0.4, 0.5) is 10.5 Å². The van der Waals surface area contributed by atoms with Crippen LogP contribution in [0.3, 0.4) is 0 Å². The van der Waals surface area contributed by atoms with Gasteiger partial charge in [-0.15, -0.1) is 0 Å². The molecule has 222 valence electrons. The Balaban J connectivity index is 0.954. The highest BCUT2D eigenvalue weighted by Gasteiger charge is 2.46. The third-order valence-electron chi connectivity index (χ3n) is 9.60. The molecule has 1 aromatic carbocycles. The predicted octanol–water partition coefficient (Wildman–Crippen LogP) is 3.00. The summed E-state index contributed by atoms with van der Waals surface area (Å²) in [6.07, 6.45) is 4.88.